The average Bonchev–Trinajstić information content (AvgIpc) is 2.55. The van der Waals surface area contributed by atoms with Gasteiger partial charge in [0, 0.05) is 30.4 Å². The molecule has 7 heteroatoms. The van der Waals surface area contributed by atoms with Gasteiger partial charge in [0.1, 0.15) is 11.6 Å². The maximum absolute atomic E-state index is 10.0. The maximum Gasteiger partial charge on any atom is 0.187 e. The lowest BCUT2D eigenvalue weighted by Crippen LogP contribution is -2.18. The topological polar surface area (TPSA) is 87.1 Å². The van der Waals surface area contributed by atoms with Crippen molar-refractivity contribution in [2.75, 3.05) is 0 Å². The molecule has 0 aliphatic rings. The number of aldehydes is 1. The average molecular weight is 346 g/mol. The summed E-state index contributed by atoms with van der Waals surface area (Å²) >= 11 is 0. The number of hydrogen-bond donors (Lipinski definition) is 0. The molecule has 25 heavy (non-hydrogen) atoms. The van der Waals surface area contributed by atoms with E-state index in [2.05, 4.69) is 19.9 Å². The molecule has 0 atom stereocenters. The minimum absolute atomic E-state index is 0.102. The van der Waals surface area contributed by atoms with Crippen molar-refractivity contribution in [2.24, 2.45) is 0 Å². The van der Waals surface area contributed by atoms with Crippen LogP contribution in [0, 0.1) is 13.8 Å². The molecule has 0 N–H and O–H groups in total. The van der Waals surface area contributed by atoms with Crippen LogP contribution in [0.25, 0.3) is 0 Å². The number of carbonyl (C=O) groups is 1. The molecule has 2 heterocycles. The predicted molar refractivity (Wildman–Crippen MR) is 94.1 cm³/mol. The summed E-state index contributed by atoms with van der Waals surface area (Å²) in [6.07, 6.45) is 7.02. The van der Waals surface area contributed by atoms with Gasteiger partial charge in [0.25, 0.3) is 0 Å². The SMILES string of the molecule is Cc1ncc(C(OC(C)C)OC(C)C)cn1.Cc1ncc(C=O)cn1. The molecular weight excluding hydrogens is 320 g/mol. The first-order valence-electron chi connectivity index (χ1n) is 8.15. The lowest BCUT2D eigenvalue weighted by Gasteiger charge is -2.22. The fraction of sp³-hybridized carbons (Fsp3) is 0.500. The summed E-state index contributed by atoms with van der Waals surface area (Å²) in [7, 11) is 0. The first kappa shape index (κ1) is 20.8. The van der Waals surface area contributed by atoms with Crippen LogP contribution in [0.15, 0.2) is 24.8 Å². The zero-order valence-corrected chi connectivity index (χ0v) is 15.6. The quantitative estimate of drug-likeness (QED) is 0.586. The van der Waals surface area contributed by atoms with Gasteiger partial charge in [-0.05, 0) is 41.5 Å². The van der Waals surface area contributed by atoms with Gasteiger partial charge in [-0.1, -0.05) is 0 Å². The van der Waals surface area contributed by atoms with Gasteiger partial charge >= 0.3 is 0 Å². The molecule has 0 bridgehead atoms. The third-order valence-electron chi connectivity index (χ3n) is 2.80. The van der Waals surface area contributed by atoms with E-state index in [1.54, 1.807) is 19.3 Å². The molecule has 0 spiro atoms. The number of nitrogens with zero attached hydrogens (tertiary/aromatic N) is 4. The molecule has 2 rings (SSSR count). The van der Waals surface area contributed by atoms with Crippen molar-refractivity contribution in [1.29, 1.82) is 0 Å². The van der Waals surface area contributed by atoms with Crippen LogP contribution in [0.5, 0.6) is 0 Å². The van der Waals surface area contributed by atoms with E-state index in [0.29, 0.717) is 11.4 Å². The summed E-state index contributed by atoms with van der Waals surface area (Å²) in [5, 5.41) is 0. The Labute approximate surface area is 148 Å². The Bertz CT molecular complexity index is 618. The summed E-state index contributed by atoms with van der Waals surface area (Å²) in [4.78, 5) is 25.9. The number of carbonyl (C=O) groups excluding carboxylic acids is 1. The number of aromatic nitrogens is 4. The van der Waals surface area contributed by atoms with Crippen molar-refractivity contribution in [3.05, 3.63) is 47.6 Å². The third-order valence-corrected chi connectivity index (χ3v) is 2.80. The summed E-state index contributed by atoms with van der Waals surface area (Å²) in [5.74, 6) is 1.43. The molecule has 0 aliphatic heterocycles. The van der Waals surface area contributed by atoms with Crippen LogP contribution in [0.3, 0.4) is 0 Å². The summed E-state index contributed by atoms with van der Waals surface area (Å²) in [6, 6.07) is 0. The van der Waals surface area contributed by atoms with Crippen LogP contribution in [0.2, 0.25) is 0 Å². The molecule has 0 saturated heterocycles. The van der Waals surface area contributed by atoms with Crippen LogP contribution < -0.4 is 0 Å². The Balaban J connectivity index is 0.000000293. The zero-order chi connectivity index (χ0) is 18.8. The van der Waals surface area contributed by atoms with Crippen LogP contribution in [-0.2, 0) is 9.47 Å². The Morgan fingerprint density at radius 1 is 0.800 bits per heavy atom. The van der Waals surface area contributed by atoms with E-state index in [4.69, 9.17) is 9.47 Å². The Morgan fingerprint density at radius 2 is 1.20 bits per heavy atom. The fourth-order valence-corrected chi connectivity index (χ4v) is 1.67. The highest BCUT2D eigenvalue weighted by Gasteiger charge is 2.16. The minimum atomic E-state index is -0.388. The van der Waals surface area contributed by atoms with Gasteiger partial charge in [-0.3, -0.25) is 4.79 Å². The molecule has 2 aromatic heterocycles. The second-order valence-electron chi connectivity index (χ2n) is 5.95. The van der Waals surface area contributed by atoms with Crippen molar-refractivity contribution >= 4 is 6.29 Å². The second kappa shape index (κ2) is 10.6. The molecule has 0 aliphatic carbocycles. The van der Waals surface area contributed by atoms with Gasteiger partial charge in [0.15, 0.2) is 12.6 Å². The molecule has 0 unspecified atom stereocenters. The highest BCUT2D eigenvalue weighted by Crippen LogP contribution is 2.21. The van der Waals surface area contributed by atoms with E-state index in [9.17, 15) is 4.79 Å². The van der Waals surface area contributed by atoms with Crippen LogP contribution in [0.1, 0.15) is 61.6 Å². The number of ether oxygens (including phenoxy) is 2. The van der Waals surface area contributed by atoms with Crippen LogP contribution >= 0.6 is 0 Å². The standard InChI is InChI=1S/C12H20N2O2.C6H6N2O/c1-8(2)15-12(16-9(3)4)11-6-13-10(5)14-7-11;1-5-7-2-6(4-9)3-8-5/h6-9,12H,1-5H3;2-4H,1H3. The Morgan fingerprint density at radius 3 is 1.56 bits per heavy atom. The van der Waals surface area contributed by atoms with Crippen molar-refractivity contribution in [3.63, 3.8) is 0 Å². The number of rotatable bonds is 6. The molecule has 0 amide bonds. The highest BCUT2D eigenvalue weighted by molar-refractivity contribution is 5.73. The van der Waals surface area contributed by atoms with Gasteiger partial charge in [0.05, 0.1) is 17.8 Å². The largest absolute Gasteiger partial charge is 0.346 e. The molecule has 7 nitrogen and oxygen atoms in total. The molecule has 136 valence electrons. The van der Waals surface area contributed by atoms with Gasteiger partial charge in [-0.15, -0.1) is 0 Å². The number of hydrogen-bond acceptors (Lipinski definition) is 7. The molecule has 0 aromatic carbocycles. The monoisotopic (exact) mass is 346 g/mol. The van der Waals surface area contributed by atoms with E-state index < -0.39 is 0 Å². The van der Waals surface area contributed by atoms with E-state index in [-0.39, 0.29) is 18.5 Å². The van der Waals surface area contributed by atoms with E-state index in [0.717, 1.165) is 17.7 Å². The van der Waals surface area contributed by atoms with Crippen molar-refractivity contribution in [1.82, 2.24) is 19.9 Å². The highest BCUT2D eigenvalue weighted by atomic mass is 16.7. The summed E-state index contributed by atoms with van der Waals surface area (Å²) in [5.41, 5.74) is 1.37. The van der Waals surface area contributed by atoms with Gasteiger partial charge in [-0.2, -0.15) is 0 Å². The van der Waals surface area contributed by atoms with Crippen molar-refractivity contribution < 1.29 is 14.3 Å². The van der Waals surface area contributed by atoms with Gasteiger partial charge < -0.3 is 9.47 Å². The molecule has 0 fully saturated rings. The molecular formula is C18H26N4O3. The Hall–Kier alpha value is -2.25. The summed E-state index contributed by atoms with van der Waals surface area (Å²) in [6.45, 7) is 11.5. The first-order valence-corrected chi connectivity index (χ1v) is 8.15. The maximum atomic E-state index is 10.0. The first-order chi connectivity index (χ1) is 11.8. The minimum Gasteiger partial charge on any atom is -0.346 e. The second-order valence-corrected chi connectivity index (χ2v) is 5.95. The third kappa shape index (κ3) is 8.42. The molecule has 0 saturated carbocycles. The van der Waals surface area contributed by atoms with Gasteiger partial charge in [0.2, 0.25) is 0 Å². The predicted octanol–water partition coefficient (Wildman–Crippen LogP) is 3.23. The lowest BCUT2D eigenvalue weighted by atomic mass is 10.3. The van der Waals surface area contributed by atoms with E-state index in [1.165, 1.54) is 12.4 Å². The van der Waals surface area contributed by atoms with Gasteiger partial charge in [-0.25, -0.2) is 19.9 Å². The van der Waals surface area contributed by atoms with Crippen molar-refractivity contribution in [3.8, 4) is 0 Å². The smallest absolute Gasteiger partial charge is 0.187 e. The zero-order valence-electron chi connectivity index (χ0n) is 15.6. The molecule has 2 aromatic rings. The van der Waals surface area contributed by atoms with Crippen LogP contribution in [-0.4, -0.2) is 38.4 Å². The van der Waals surface area contributed by atoms with Crippen LogP contribution in [0.4, 0.5) is 0 Å². The molecule has 0 radical (unpaired) electrons. The summed E-state index contributed by atoms with van der Waals surface area (Å²) < 4.78 is 11.4. The fourth-order valence-electron chi connectivity index (χ4n) is 1.67. The van der Waals surface area contributed by atoms with E-state index in [1.807, 2.05) is 34.6 Å². The Kier molecular flexibility index (Phi) is 8.80. The number of aryl methyl sites for hydroxylation is 2. The normalized spacial score (nSPS) is 10.8. The van der Waals surface area contributed by atoms with E-state index >= 15 is 0 Å². The van der Waals surface area contributed by atoms with Crippen molar-refractivity contribution in [2.45, 2.75) is 60.0 Å². The lowest BCUT2D eigenvalue weighted by molar-refractivity contribution is -0.185.